The van der Waals surface area contributed by atoms with Crippen molar-refractivity contribution in [3.8, 4) is 0 Å². The van der Waals surface area contributed by atoms with Crippen molar-refractivity contribution >= 4 is 29.2 Å². The number of aromatic nitrogens is 1. The molecule has 3 heterocycles. The minimum atomic E-state index is -1.27. The Morgan fingerprint density at radius 2 is 1.91 bits per heavy atom. The standard InChI is InChI=1S/C26H39NO7S/c1-14(10-18-13-35-17(4)27-18)19-11-21-26(7,34-21)8-9-32-16(3)23(30)15(2)24(31)25(5,6)20(28)12-22(29)33-19/h10,13,15-16,19-21,23,28,30H,8-9,11-12H2,1-7H3. The number of nitrogens with zero attached hydrogens (tertiary/aromatic N) is 1. The third-order valence-corrected chi connectivity index (χ3v) is 8.26. The van der Waals surface area contributed by atoms with Gasteiger partial charge in [0.05, 0.1) is 52.6 Å². The molecule has 196 valence electrons. The molecule has 2 saturated heterocycles. The summed E-state index contributed by atoms with van der Waals surface area (Å²) >= 11 is 1.54. The molecular weight excluding hydrogens is 470 g/mol. The lowest BCUT2D eigenvalue weighted by atomic mass is 9.74. The van der Waals surface area contributed by atoms with Gasteiger partial charge in [-0.3, -0.25) is 9.59 Å². The van der Waals surface area contributed by atoms with Crippen LogP contribution in [0.25, 0.3) is 6.08 Å². The number of rotatable bonds is 2. The Balaban J connectivity index is 1.85. The molecule has 0 bridgehead atoms. The molecule has 0 spiro atoms. The highest BCUT2D eigenvalue weighted by molar-refractivity contribution is 7.09. The van der Waals surface area contributed by atoms with Gasteiger partial charge in [0.1, 0.15) is 11.9 Å². The number of fused-ring (bicyclic) bond motifs is 1. The number of esters is 1. The highest BCUT2D eigenvalue weighted by atomic mass is 32.1. The molecule has 0 aliphatic carbocycles. The Kier molecular flexibility index (Phi) is 8.59. The maximum atomic E-state index is 13.2. The fourth-order valence-corrected chi connectivity index (χ4v) is 5.15. The van der Waals surface area contributed by atoms with E-state index in [1.807, 2.05) is 32.2 Å². The molecular formula is C26H39NO7S. The van der Waals surface area contributed by atoms with Crippen molar-refractivity contribution in [3.05, 3.63) is 21.7 Å². The summed E-state index contributed by atoms with van der Waals surface area (Å²) in [6, 6.07) is 0. The topological polar surface area (TPSA) is 118 Å². The predicted molar refractivity (Wildman–Crippen MR) is 133 cm³/mol. The summed E-state index contributed by atoms with van der Waals surface area (Å²) in [7, 11) is 0. The van der Waals surface area contributed by atoms with Crippen LogP contribution in [-0.4, -0.2) is 69.7 Å². The van der Waals surface area contributed by atoms with Crippen LogP contribution >= 0.6 is 11.3 Å². The van der Waals surface area contributed by atoms with E-state index in [9.17, 15) is 19.8 Å². The van der Waals surface area contributed by atoms with Crippen LogP contribution in [0.15, 0.2) is 11.0 Å². The number of Topliss-reactive ketones (excluding diaryl/α,β-unsaturated/α-hetero) is 1. The lowest BCUT2D eigenvalue weighted by molar-refractivity contribution is -0.155. The minimum Gasteiger partial charge on any atom is -0.458 e. The molecule has 35 heavy (non-hydrogen) atoms. The molecule has 7 atom stereocenters. The van der Waals surface area contributed by atoms with Gasteiger partial charge < -0.3 is 24.4 Å². The summed E-state index contributed by atoms with van der Waals surface area (Å²) in [5, 5.41) is 24.4. The normalized spacial score (nSPS) is 37.5. The van der Waals surface area contributed by atoms with Crippen molar-refractivity contribution in [1.82, 2.24) is 4.98 Å². The Morgan fingerprint density at radius 3 is 2.54 bits per heavy atom. The molecule has 9 heteroatoms. The van der Waals surface area contributed by atoms with Gasteiger partial charge in [0.15, 0.2) is 0 Å². The molecule has 2 aliphatic heterocycles. The molecule has 1 aromatic rings. The molecule has 0 radical (unpaired) electrons. The molecule has 2 aliphatic rings. The van der Waals surface area contributed by atoms with E-state index in [1.54, 1.807) is 39.0 Å². The Bertz CT molecular complexity index is 957. The number of aliphatic hydroxyl groups is 2. The monoisotopic (exact) mass is 509 g/mol. The fraction of sp³-hybridized carbons (Fsp3) is 0.731. The Hall–Kier alpha value is -1.65. The van der Waals surface area contributed by atoms with E-state index in [0.717, 1.165) is 16.3 Å². The Morgan fingerprint density at radius 1 is 1.23 bits per heavy atom. The number of thiazole rings is 1. The first kappa shape index (κ1) is 27.9. The number of ether oxygens (including phenoxy) is 3. The van der Waals surface area contributed by atoms with Crippen LogP contribution in [0.2, 0.25) is 0 Å². The summed E-state index contributed by atoms with van der Waals surface area (Å²) in [6.07, 6.45) is -0.931. The van der Waals surface area contributed by atoms with Crippen molar-refractivity contribution < 1.29 is 34.0 Å². The number of hydrogen-bond acceptors (Lipinski definition) is 9. The molecule has 8 nitrogen and oxygen atoms in total. The van der Waals surface area contributed by atoms with E-state index in [2.05, 4.69) is 4.98 Å². The van der Waals surface area contributed by atoms with Crippen molar-refractivity contribution in [2.75, 3.05) is 6.61 Å². The van der Waals surface area contributed by atoms with E-state index >= 15 is 0 Å². The average Bonchev–Trinajstić information content (AvgIpc) is 3.22. The van der Waals surface area contributed by atoms with Crippen LogP contribution in [0.3, 0.4) is 0 Å². The first-order valence-electron chi connectivity index (χ1n) is 12.2. The fourth-order valence-electron chi connectivity index (χ4n) is 4.58. The van der Waals surface area contributed by atoms with Crippen LogP contribution in [-0.2, 0) is 23.8 Å². The largest absolute Gasteiger partial charge is 0.458 e. The summed E-state index contributed by atoms with van der Waals surface area (Å²) in [4.78, 5) is 30.5. The highest BCUT2D eigenvalue weighted by Crippen LogP contribution is 2.43. The molecule has 0 aromatic carbocycles. The third kappa shape index (κ3) is 6.57. The quantitative estimate of drug-likeness (QED) is 0.460. The van der Waals surface area contributed by atoms with E-state index in [4.69, 9.17) is 14.2 Å². The zero-order valence-corrected chi connectivity index (χ0v) is 22.6. The summed E-state index contributed by atoms with van der Waals surface area (Å²) < 4.78 is 17.7. The highest BCUT2D eigenvalue weighted by Gasteiger charge is 2.53. The van der Waals surface area contributed by atoms with E-state index in [-0.39, 0.29) is 18.3 Å². The maximum absolute atomic E-state index is 13.2. The molecule has 3 rings (SSSR count). The van der Waals surface area contributed by atoms with Gasteiger partial charge in [-0.05, 0) is 39.3 Å². The molecule has 0 saturated carbocycles. The lowest BCUT2D eigenvalue weighted by Gasteiger charge is -2.34. The second-order valence-electron chi connectivity index (χ2n) is 10.7. The first-order valence-corrected chi connectivity index (χ1v) is 13.1. The van der Waals surface area contributed by atoms with Crippen LogP contribution < -0.4 is 0 Å². The number of hydrogen-bond donors (Lipinski definition) is 2. The number of carbonyl (C=O) groups is 2. The zero-order chi connectivity index (χ0) is 26.1. The molecule has 7 unspecified atom stereocenters. The number of aryl methyl sites for hydroxylation is 1. The predicted octanol–water partition coefficient (Wildman–Crippen LogP) is 3.47. The van der Waals surface area contributed by atoms with E-state index in [0.29, 0.717) is 19.4 Å². The van der Waals surface area contributed by atoms with Gasteiger partial charge >= 0.3 is 5.97 Å². The SMILES string of the molecule is CC(=Cc1csc(C)n1)C1CC2OC2(C)CCOC(C)C(O)C(C)C(=O)C(C)(C)C(O)CC(=O)O1. The van der Waals surface area contributed by atoms with Gasteiger partial charge in [-0.25, -0.2) is 4.98 Å². The second-order valence-corrected chi connectivity index (χ2v) is 11.8. The number of carbonyl (C=O) groups excluding carboxylic acids is 2. The van der Waals surface area contributed by atoms with Gasteiger partial charge in [-0.1, -0.05) is 20.8 Å². The number of cyclic esters (lactones) is 1. The maximum Gasteiger partial charge on any atom is 0.309 e. The first-order chi connectivity index (χ1) is 16.2. The van der Waals surface area contributed by atoms with Crippen LogP contribution in [0.1, 0.15) is 71.5 Å². The number of epoxide rings is 1. The lowest BCUT2D eigenvalue weighted by Crippen LogP contribution is -2.47. The van der Waals surface area contributed by atoms with Gasteiger partial charge in [0.25, 0.3) is 0 Å². The molecule has 0 amide bonds. The number of ketones is 1. The summed E-state index contributed by atoms with van der Waals surface area (Å²) in [5.41, 5.74) is -0.0527. The zero-order valence-electron chi connectivity index (χ0n) is 21.7. The minimum absolute atomic E-state index is 0.126. The van der Waals surface area contributed by atoms with E-state index in [1.165, 1.54) is 0 Å². The van der Waals surface area contributed by atoms with Crippen LogP contribution in [0.5, 0.6) is 0 Å². The van der Waals surface area contributed by atoms with Crippen molar-refractivity contribution in [2.24, 2.45) is 11.3 Å². The van der Waals surface area contributed by atoms with Gasteiger partial charge in [0.2, 0.25) is 0 Å². The third-order valence-electron chi connectivity index (χ3n) is 7.47. The molecule has 1 aromatic heterocycles. The summed E-state index contributed by atoms with van der Waals surface area (Å²) in [5.74, 6) is -1.71. The average molecular weight is 510 g/mol. The van der Waals surface area contributed by atoms with Gasteiger partial charge in [-0.15, -0.1) is 11.3 Å². The van der Waals surface area contributed by atoms with E-state index < -0.39 is 47.3 Å². The number of aliphatic hydroxyl groups excluding tert-OH is 2. The van der Waals surface area contributed by atoms with Crippen molar-refractivity contribution in [2.45, 2.75) is 104 Å². The second kappa shape index (κ2) is 10.8. The van der Waals surface area contributed by atoms with Crippen molar-refractivity contribution in [3.63, 3.8) is 0 Å². The summed E-state index contributed by atoms with van der Waals surface area (Å²) in [6.45, 7) is 12.7. The molecule has 2 fully saturated rings. The molecule has 2 N–H and O–H groups in total. The smallest absolute Gasteiger partial charge is 0.309 e. The van der Waals surface area contributed by atoms with Gasteiger partial charge in [0, 0.05) is 30.7 Å². The van der Waals surface area contributed by atoms with Crippen LogP contribution in [0, 0.1) is 18.3 Å². The van der Waals surface area contributed by atoms with Crippen LogP contribution in [0.4, 0.5) is 0 Å². The Labute approximate surface area is 211 Å². The van der Waals surface area contributed by atoms with Gasteiger partial charge in [-0.2, -0.15) is 0 Å². The van der Waals surface area contributed by atoms with Crippen molar-refractivity contribution in [1.29, 1.82) is 0 Å².